The maximum Gasteiger partial charge on any atom is 0.347 e. The van der Waals surface area contributed by atoms with Crippen LogP contribution < -0.4 is 0 Å². The Morgan fingerprint density at radius 1 is 1.21 bits per heavy atom. The molecule has 0 aliphatic carbocycles. The van der Waals surface area contributed by atoms with E-state index in [0.717, 1.165) is 6.08 Å². The third kappa shape index (κ3) is 3.96. The Labute approximate surface area is 112 Å². The number of benzene rings is 1. The van der Waals surface area contributed by atoms with E-state index in [1.54, 1.807) is 43.4 Å². The maximum atomic E-state index is 12.2. The monoisotopic (exact) mass is 281 g/mol. The van der Waals surface area contributed by atoms with Crippen LogP contribution >= 0.6 is 0 Å². The molecule has 6 heteroatoms. The quantitative estimate of drug-likeness (QED) is 0.654. The van der Waals surface area contributed by atoms with Crippen LogP contribution in [0, 0.1) is 0 Å². The number of carbonyl (C=O) groups is 1. The zero-order chi connectivity index (χ0) is 14.5. The lowest BCUT2D eigenvalue weighted by atomic mass is 10.4. The second-order valence-corrected chi connectivity index (χ2v) is 5.88. The number of allylic oxidation sites excluding steroid dienone is 2. The third-order valence-corrected chi connectivity index (χ3v) is 3.97. The largest absolute Gasteiger partial charge is 0.477 e. The maximum absolute atomic E-state index is 12.2. The summed E-state index contributed by atoms with van der Waals surface area (Å²) >= 11 is 0. The van der Waals surface area contributed by atoms with Crippen molar-refractivity contribution in [2.75, 3.05) is 14.1 Å². The number of carboxylic acids is 1. The van der Waals surface area contributed by atoms with Crippen LogP contribution in [0.3, 0.4) is 0 Å². The van der Waals surface area contributed by atoms with Gasteiger partial charge in [0.05, 0.1) is 4.90 Å². The van der Waals surface area contributed by atoms with Crippen molar-refractivity contribution in [3.05, 3.63) is 53.6 Å². The lowest BCUT2D eigenvalue weighted by molar-refractivity contribution is -0.131. The Hall–Kier alpha value is -2.08. The van der Waals surface area contributed by atoms with Crippen LogP contribution in [-0.2, 0) is 14.6 Å². The van der Waals surface area contributed by atoms with Crippen molar-refractivity contribution in [1.29, 1.82) is 0 Å². The van der Waals surface area contributed by atoms with Crippen molar-refractivity contribution in [3.8, 4) is 0 Å². The molecule has 0 radical (unpaired) electrons. The van der Waals surface area contributed by atoms with Crippen molar-refractivity contribution in [3.63, 3.8) is 0 Å². The van der Waals surface area contributed by atoms with Crippen molar-refractivity contribution >= 4 is 15.8 Å². The van der Waals surface area contributed by atoms with Crippen molar-refractivity contribution in [1.82, 2.24) is 4.90 Å². The van der Waals surface area contributed by atoms with Gasteiger partial charge in [0, 0.05) is 14.1 Å². The number of carboxylic acid groups (broad SMARTS) is 1. The van der Waals surface area contributed by atoms with Gasteiger partial charge in [0.2, 0.25) is 9.84 Å². The Kier molecular flexibility index (Phi) is 4.88. The fourth-order valence-corrected chi connectivity index (χ4v) is 2.56. The lowest BCUT2D eigenvalue weighted by Crippen LogP contribution is -2.13. The molecular weight excluding hydrogens is 266 g/mol. The molecule has 19 heavy (non-hydrogen) atoms. The lowest BCUT2D eigenvalue weighted by Gasteiger charge is -2.05. The first-order valence-electron chi connectivity index (χ1n) is 5.44. The van der Waals surface area contributed by atoms with Crippen LogP contribution in [0.4, 0.5) is 0 Å². The van der Waals surface area contributed by atoms with Gasteiger partial charge in [0.15, 0.2) is 4.91 Å². The van der Waals surface area contributed by atoms with Gasteiger partial charge in [-0.3, -0.25) is 0 Å². The number of rotatable bonds is 5. The Balaban J connectivity index is 3.24. The molecule has 0 spiro atoms. The van der Waals surface area contributed by atoms with Crippen LogP contribution in [0.1, 0.15) is 0 Å². The van der Waals surface area contributed by atoms with Crippen LogP contribution in [0.5, 0.6) is 0 Å². The number of aliphatic carboxylic acids is 1. The number of hydrogen-bond donors (Lipinski definition) is 1. The van der Waals surface area contributed by atoms with Gasteiger partial charge in [-0.2, -0.15) is 0 Å². The summed E-state index contributed by atoms with van der Waals surface area (Å²) in [6, 6.07) is 7.47. The van der Waals surface area contributed by atoms with Crippen LogP contribution in [0.2, 0.25) is 0 Å². The number of nitrogens with zero attached hydrogens (tertiary/aromatic N) is 1. The molecule has 0 aromatic heterocycles. The van der Waals surface area contributed by atoms with E-state index in [0.29, 0.717) is 0 Å². The highest BCUT2D eigenvalue weighted by molar-refractivity contribution is 7.96. The SMILES string of the molecule is CN(C)/C=C/C=C(/C(=O)O)S(=O)(=O)c1ccccc1. The Morgan fingerprint density at radius 2 is 1.79 bits per heavy atom. The smallest absolute Gasteiger partial charge is 0.347 e. The molecule has 0 heterocycles. The van der Waals surface area contributed by atoms with Gasteiger partial charge >= 0.3 is 5.97 Å². The van der Waals surface area contributed by atoms with Crippen LogP contribution in [0.25, 0.3) is 0 Å². The average molecular weight is 281 g/mol. The van der Waals surface area contributed by atoms with E-state index in [4.69, 9.17) is 5.11 Å². The molecule has 0 amide bonds. The molecule has 0 fully saturated rings. The summed E-state index contributed by atoms with van der Waals surface area (Å²) in [5.74, 6) is -1.48. The summed E-state index contributed by atoms with van der Waals surface area (Å²) in [4.78, 5) is 12.1. The van der Waals surface area contributed by atoms with Gasteiger partial charge in [0.1, 0.15) is 0 Å². The molecule has 0 aliphatic heterocycles. The van der Waals surface area contributed by atoms with E-state index in [1.165, 1.54) is 18.2 Å². The van der Waals surface area contributed by atoms with Gasteiger partial charge in [-0.05, 0) is 30.5 Å². The molecule has 0 unspecified atom stereocenters. The second-order valence-electron chi connectivity index (χ2n) is 3.96. The van der Waals surface area contributed by atoms with E-state index in [-0.39, 0.29) is 4.90 Å². The Morgan fingerprint density at radius 3 is 2.26 bits per heavy atom. The van der Waals surface area contributed by atoms with Gasteiger partial charge < -0.3 is 10.0 Å². The molecule has 1 rings (SSSR count). The summed E-state index contributed by atoms with van der Waals surface area (Å²) in [5, 5.41) is 9.04. The minimum absolute atomic E-state index is 0.0399. The highest BCUT2D eigenvalue weighted by Crippen LogP contribution is 2.19. The first-order valence-corrected chi connectivity index (χ1v) is 6.92. The minimum atomic E-state index is -4.01. The molecule has 0 saturated carbocycles. The molecule has 1 aromatic carbocycles. The zero-order valence-corrected chi connectivity index (χ0v) is 11.5. The highest BCUT2D eigenvalue weighted by atomic mass is 32.2. The predicted molar refractivity (Wildman–Crippen MR) is 72.2 cm³/mol. The van der Waals surface area contributed by atoms with Crippen molar-refractivity contribution < 1.29 is 18.3 Å². The summed E-state index contributed by atoms with van der Waals surface area (Å²) in [6.07, 6.45) is 4.01. The van der Waals surface area contributed by atoms with E-state index in [1.807, 2.05) is 0 Å². The second kappa shape index (κ2) is 6.19. The molecule has 1 N–H and O–H groups in total. The van der Waals surface area contributed by atoms with Gasteiger partial charge in [0.25, 0.3) is 0 Å². The van der Waals surface area contributed by atoms with Gasteiger partial charge in [-0.25, -0.2) is 13.2 Å². The third-order valence-electron chi connectivity index (χ3n) is 2.19. The minimum Gasteiger partial charge on any atom is -0.477 e. The molecule has 0 bridgehead atoms. The van der Waals surface area contributed by atoms with Crippen LogP contribution in [0.15, 0.2) is 58.5 Å². The molecule has 102 valence electrons. The summed E-state index contributed by atoms with van der Waals surface area (Å²) in [6.45, 7) is 0. The summed E-state index contributed by atoms with van der Waals surface area (Å²) in [5.41, 5.74) is 0. The van der Waals surface area contributed by atoms with Crippen molar-refractivity contribution in [2.45, 2.75) is 4.90 Å². The fraction of sp³-hybridized carbons (Fsp3) is 0.154. The molecule has 0 saturated heterocycles. The summed E-state index contributed by atoms with van der Waals surface area (Å²) in [7, 11) is -0.513. The average Bonchev–Trinajstić information content (AvgIpc) is 2.34. The van der Waals surface area contributed by atoms with E-state index < -0.39 is 20.7 Å². The Bertz CT molecular complexity index is 601. The highest BCUT2D eigenvalue weighted by Gasteiger charge is 2.25. The van der Waals surface area contributed by atoms with Crippen molar-refractivity contribution in [2.24, 2.45) is 0 Å². The standard InChI is InChI=1S/C13H15NO4S/c1-14(2)10-6-9-12(13(15)16)19(17,18)11-7-4-3-5-8-11/h3-10H,1-2H3,(H,15,16)/b10-6+,12-9-. The molecular formula is C13H15NO4S. The van der Waals surface area contributed by atoms with E-state index >= 15 is 0 Å². The van der Waals surface area contributed by atoms with Gasteiger partial charge in [-0.15, -0.1) is 0 Å². The summed E-state index contributed by atoms with van der Waals surface area (Å²) < 4.78 is 24.3. The van der Waals surface area contributed by atoms with E-state index in [2.05, 4.69) is 0 Å². The molecule has 0 aliphatic rings. The number of hydrogen-bond acceptors (Lipinski definition) is 4. The number of sulfone groups is 1. The molecule has 0 atom stereocenters. The van der Waals surface area contributed by atoms with E-state index in [9.17, 15) is 13.2 Å². The first kappa shape index (κ1) is 15.0. The molecule has 1 aromatic rings. The fourth-order valence-electron chi connectivity index (χ4n) is 1.30. The normalized spacial score (nSPS) is 12.6. The van der Waals surface area contributed by atoms with Gasteiger partial charge in [-0.1, -0.05) is 18.2 Å². The van der Waals surface area contributed by atoms with Crippen LogP contribution in [-0.4, -0.2) is 38.5 Å². The zero-order valence-electron chi connectivity index (χ0n) is 10.6. The molecule has 5 nitrogen and oxygen atoms in total. The predicted octanol–water partition coefficient (Wildman–Crippen LogP) is 1.50. The first-order chi connectivity index (χ1) is 8.85. The topological polar surface area (TPSA) is 74.7 Å².